The number of fused-ring (bicyclic) bond motifs is 1. The summed E-state index contributed by atoms with van der Waals surface area (Å²) in [5.41, 5.74) is 7.44. The van der Waals surface area contributed by atoms with E-state index < -0.39 is 0 Å². The highest BCUT2D eigenvalue weighted by molar-refractivity contribution is 5.83. The second kappa shape index (κ2) is 6.14. The summed E-state index contributed by atoms with van der Waals surface area (Å²) >= 11 is 0. The summed E-state index contributed by atoms with van der Waals surface area (Å²) in [7, 11) is 4.34. The molecule has 1 heterocycles. The zero-order valence-corrected chi connectivity index (χ0v) is 13.0. The van der Waals surface area contributed by atoms with Crippen LogP contribution in [0.4, 0.5) is 0 Å². The van der Waals surface area contributed by atoms with Crippen LogP contribution in [0.5, 0.6) is 0 Å². The molecule has 1 fully saturated rings. The van der Waals surface area contributed by atoms with Crippen LogP contribution in [0.2, 0.25) is 0 Å². The Balaban J connectivity index is 1.85. The molecule has 112 valence electrons. The maximum atomic E-state index is 6.09. The maximum absolute atomic E-state index is 6.09. The molecule has 2 aromatic rings. The number of likely N-dealkylation sites (N-methyl/N-ethyl adjacent to an activating group) is 1. The molecule has 0 saturated carbocycles. The Labute approximate surface area is 127 Å². The van der Waals surface area contributed by atoms with E-state index in [1.54, 1.807) is 0 Å². The Bertz CT molecular complexity index is 608. The second-order valence-corrected chi connectivity index (χ2v) is 6.26. The van der Waals surface area contributed by atoms with Gasteiger partial charge in [-0.25, -0.2) is 0 Å². The van der Waals surface area contributed by atoms with Crippen molar-refractivity contribution < 1.29 is 0 Å². The lowest BCUT2D eigenvalue weighted by atomic mass is 10.0. The Morgan fingerprint density at radius 1 is 1.19 bits per heavy atom. The molecule has 1 aliphatic rings. The Morgan fingerprint density at radius 3 is 2.62 bits per heavy atom. The average Bonchev–Trinajstić information content (AvgIpc) is 2.98. The summed E-state index contributed by atoms with van der Waals surface area (Å²) in [6.45, 7) is 2.93. The zero-order chi connectivity index (χ0) is 14.8. The van der Waals surface area contributed by atoms with Crippen molar-refractivity contribution in [1.82, 2.24) is 9.80 Å². The van der Waals surface area contributed by atoms with E-state index in [0.29, 0.717) is 18.6 Å². The quantitative estimate of drug-likeness (QED) is 0.935. The van der Waals surface area contributed by atoms with Gasteiger partial charge in [0.1, 0.15) is 0 Å². The van der Waals surface area contributed by atoms with Gasteiger partial charge in [-0.15, -0.1) is 0 Å². The monoisotopic (exact) mass is 283 g/mol. The molecule has 2 N–H and O–H groups in total. The molecule has 3 nitrogen and oxygen atoms in total. The summed E-state index contributed by atoms with van der Waals surface area (Å²) in [5.74, 6) is 0. The minimum Gasteiger partial charge on any atom is -0.329 e. The van der Waals surface area contributed by atoms with Crippen molar-refractivity contribution in [3.63, 3.8) is 0 Å². The number of hydrogen-bond donors (Lipinski definition) is 1. The summed E-state index contributed by atoms with van der Waals surface area (Å²) < 4.78 is 0. The van der Waals surface area contributed by atoms with E-state index in [-0.39, 0.29) is 0 Å². The smallest absolute Gasteiger partial charge is 0.0471 e. The van der Waals surface area contributed by atoms with Gasteiger partial charge in [-0.3, -0.25) is 4.90 Å². The summed E-state index contributed by atoms with van der Waals surface area (Å²) in [4.78, 5) is 4.86. The normalized spacial score (nSPS) is 21.2. The lowest BCUT2D eigenvalue weighted by molar-refractivity contribution is 0.220. The summed E-state index contributed by atoms with van der Waals surface area (Å²) in [6.07, 6.45) is 1.23. The van der Waals surface area contributed by atoms with Crippen molar-refractivity contribution in [2.75, 3.05) is 33.7 Å². The van der Waals surface area contributed by atoms with Gasteiger partial charge in [0.25, 0.3) is 0 Å². The average molecular weight is 283 g/mol. The van der Waals surface area contributed by atoms with E-state index in [0.717, 1.165) is 13.1 Å². The second-order valence-electron chi connectivity index (χ2n) is 6.26. The Kier molecular flexibility index (Phi) is 4.24. The van der Waals surface area contributed by atoms with Crippen LogP contribution in [0.15, 0.2) is 42.5 Å². The van der Waals surface area contributed by atoms with Crippen molar-refractivity contribution in [3.8, 4) is 0 Å². The molecule has 0 bridgehead atoms. The third-order valence-electron chi connectivity index (χ3n) is 4.75. The van der Waals surface area contributed by atoms with Gasteiger partial charge >= 0.3 is 0 Å². The Hall–Kier alpha value is -1.42. The van der Waals surface area contributed by atoms with Crippen molar-refractivity contribution in [3.05, 3.63) is 48.0 Å². The van der Waals surface area contributed by atoms with Gasteiger partial charge in [0.2, 0.25) is 0 Å². The molecule has 0 aliphatic carbocycles. The van der Waals surface area contributed by atoms with Gasteiger partial charge in [0, 0.05) is 31.7 Å². The topological polar surface area (TPSA) is 32.5 Å². The van der Waals surface area contributed by atoms with E-state index in [1.807, 2.05) is 0 Å². The molecule has 2 aromatic carbocycles. The van der Waals surface area contributed by atoms with Crippen molar-refractivity contribution in [2.45, 2.75) is 18.5 Å². The van der Waals surface area contributed by atoms with E-state index >= 15 is 0 Å². The third kappa shape index (κ3) is 2.95. The van der Waals surface area contributed by atoms with Crippen LogP contribution in [0.25, 0.3) is 10.8 Å². The van der Waals surface area contributed by atoms with Gasteiger partial charge in [0.15, 0.2) is 0 Å². The molecule has 2 atom stereocenters. The van der Waals surface area contributed by atoms with Crippen LogP contribution in [0.1, 0.15) is 18.0 Å². The summed E-state index contributed by atoms with van der Waals surface area (Å²) in [6, 6.07) is 16.3. The van der Waals surface area contributed by atoms with Crippen LogP contribution < -0.4 is 5.73 Å². The number of hydrogen-bond acceptors (Lipinski definition) is 3. The molecule has 1 aliphatic heterocycles. The minimum absolute atomic E-state index is 0.333. The van der Waals surface area contributed by atoms with Gasteiger partial charge in [-0.2, -0.15) is 0 Å². The van der Waals surface area contributed by atoms with E-state index in [9.17, 15) is 0 Å². The lowest BCUT2D eigenvalue weighted by Gasteiger charge is -2.28. The molecule has 1 saturated heterocycles. The van der Waals surface area contributed by atoms with Crippen molar-refractivity contribution >= 4 is 10.8 Å². The molecule has 21 heavy (non-hydrogen) atoms. The fourth-order valence-electron chi connectivity index (χ4n) is 3.38. The third-order valence-corrected chi connectivity index (χ3v) is 4.75. The highest BCUT2D eigenvalue weighted by Crippen LogP contribution is 2.28. The van der Waals surface area contributed by atoms with Crippen LogP contribution >= 0.6 is 0 Å². The standard InChI is InChI=1S/C18H25N3/c1-20(2)17-9-10-21(13-17)18(12-19)16-8-7-14-5-3-4-6-15(14)11-16/h3-8,11,17-18H,9-10,12-13,19H2,1-2H3. The number of likely N-dealkylation sites (tertiary alicyclic amines) is 1. The van der Waals surface area contributed by atoms with Gasteiger partial charge in [0.05, 0.1) is 0 Å². The van der Waals surface area contributed by atoms with E-state index in [2.05, 4.69) is 66.4 Å². The minimum atomic E-state index is 0.333. The molecule has 3 rings (SSSR count). The van der Waals surface area contributed by atoms with Crippen molar-refractivity contribution in [1.29, 1.82) is 0 Å². The molecule has 3 heteroatoms. The fourth-order valence-corrected chi connectivity index (χ4v) is 3.38. The predicted molar refractivity (Wildman–Crippen MR) is 89.4 cm³/mol. The molecular weight excluding hydrogens is 258 g/mol. The van der Waals surface area contributed by atoms with Crippen LogP contribution in [0.3, 0.4) is 0 Å². The van der Waals surface area contributed by atoms with Crippen LogP contribution in [-0.4, -0.2) is 49.6 Å². The predicted octanol–water partition coefficient (Wildman–Crippen LogP) is 2.48. The molecule has 0 radical (unpaired) electrons. The highest BCUT2D eigenvalue weighted by atomic mass is 15.2. The highest BCUT2D eigenvalue weighted by Gasteiger charge is 2.29. The first-order valence-corrected chi connectivity index (χ1v) is 7.78. The molecule has 0 aromatic heterocycles. The number of nitrogens with zero attached hydrogens (tertiary/aromatic N) is 2. The van der Waals surface area contributed by atoms with Gasteiger partial charge in [-0.1, -0.05) is 36.4 Å². The van der Waals surface area contributed by atoms with Crippen molar-refractivity contribution in [2.24, 2.45) is 5.73 Å². The number of benzene rings is 2. The van der Waals surface area contributed by atoms with E-state index in [1.165, 1.54) is 22.8 Å². The number of rotatable bonds is 4. The largest absolute Gasteiger partial charge is 0.329 e. The first-order valence-electron chi connectivity index (χ1n) is 7.78. The Morgan fingerprint density at radius 2 is 1.95 bits per heavy atom. The summed E-state index contributed by atoms with van der Waals surface area (Å²) in [5, 5.41) is 2.60. The van der Waals surface area contributed by atoms with Crippen LogP contribution in [-0.2, 0) is 0 Å². The SMILES string of the molecule is CN(C)C1CCN(C(CN)c2ccc3ccccc3c2)C1. The lowest BCUT2D eigenvalue weighted by Crippen LogP contribution is -2.36. The van der Waals surface area contributed by atoms with Crippen LogP contribution in [0, 0.1) is 0 Å². The zero-order valence-electron chi connectivity index (χ0n) is 13.0. The fraction of sp³-hybridized carbons (Fsp3) is 0.444. The first kappa shape index (κ1) is 14.5. The first-order chi connectivity index (χ1) is 10.2. The van der Waals surface area contributed by atoms with E-state index in [4.69, 9.17) is 5.73 Å². The molecule has 0 spiro atoms. The molecule has 0 amide bonds. The molecular formula is C18H25N3. The molecule has 2 unspecified atom stereocenters. The van der Waals surface area contributed by atoms with Gasteiger partial charge < -0.3 is 10.6 Å². The number of nitrogens with two attached hydrogens (primary N) is 1. The van der Waals surface area contributed by atoms with Gasteiger partial charge in [-0.05, 0) is 42.9 Å². The maximum Gasteiger partial charge on any atom is 0.0471 e.